The summed E-state index contributed by atoms with van der Waals surface area (Å²) in [6.07, 6.45) is 5.06. The Morgan fingerprint density at radius 1 is 0.983 bits per heavy atom. The molecule has 1 aromatic carbocycles. The predicted octanol–water partition coefficient (Wildman–Crippen LogP) is 4.29. The molecule has 18 heteroatoms. The van der Waals surface area contributed by atoms with E-state index in [9.17, 15) is 36.4 Å². The van der Waals surface area contributed by atoms with E-state index in [-0.39, 0.29) is 60.1 Å². The number of amides is 4. The van der Waals surface area contributed by atoms with E-state index in [1.807, 2.05) is 19.1 Å². The molecule has 1 unspecified atom stereocenters. The summed E-state index contributed by atoms with van der Waals surface area (Å²) in [7, 11) is -3.95. The summed E-state index contributed by atoms with van der Waals surface area (Å²) in [6.45, 7) is 3.79. The van der Waals surface area contributed by atoms with Crippen LogP contribution in [0.3, 0.4) is 0 Å². The normalized spacial score (nSPS) is 35.7. The van der Waals surface area contributed by atoms with E-state index >= 15 is 0 Å². The molecule has 1 saturated heterocycles. The van der Waals surface area contributed by atoms with Crippen LogP contribution >= 0.6 is 0 Å². The molecule has 7 aliphatic rings. The van der Waals surface area contributed by atoms with Gasteiger partial charge in [0.15, 0.2) is 11.5 Å². The average molecular weight is 828 g/mol. The number of nitrogens with one attached hydrogen (secondary N) is 3. The van der Waals surface area contributed by atoms with E-state index in [0.717, 1.165) is 25.7 Å². The van der Waals surface area contributed by atoms with E-state index in [2.05, 4.69) is 32.0 Å². The summed E-state index contributed by atoms with van der Waals surface area (Å²) in [5.41, 5.74) is -1.58. The van der Waals surface area contributed by atoms with E-state index < -0.39 is 75.0 Å². The molecule has 1 aromatic heterocycles. The molecule has 2 aromatic rings. The fraction of sp³-hybridized carbons (Fsp3) is 0.625. The molecule has 3 aliphatic heterocycles. The van der Waals surface area contributed by atoms with Gasteiger partial charge in [0.05, 0.1) is 11.8 Å². The van der Waals surface area contributed by atoms with Crippen molar-refractivity contribution in [3.63, 3.8) is 0 Å². The zero-order chi connectivity index (χ0) is 40.7. The number of rotatable bonds is 7. The summed E-state index contributed by atoms with van der Waals surface area (Å²) >= 11 is 0. The van der Waals surface area contributed by atoms with Crippen LogP contribution in [0.25, 0.3) is 10.8 Å². The Kier molecular flexibility index (Phi) is 9.50. The molecule has 15 nitrogen and oxygen atoms in total. The molecule has 10 atom stereocenters. The van der Waals surface area contributed by atoms with Crippen molar-refractivity contribution in [1.29, 1.82) is 0 Å². The minimum atomic E-state index is -3.95. The number of carbonyl (C=O) groups is 4. The van der Waals surface area contributed by atoms with Gasteiger partial charge in [-0.3, -0.25) is 19.1 Å². The molecular weight excluding hydrogens is 781 g/mol. The minimum absolute atomic E-state index is 0.0308. The molecule has 4 aliphatic carbocycles. The Morgan fingerprint density at radius 2 is 1.76 bits per heavy atom. The van der Waals surface area contributed by atoms with Gasteiger partial charge in [0.1, 0.15) is 29.8 Å². The Bertz CT molecular complexity index is 2180. The Labute approximate surface area is 334 Å². The molecule has 9 rings (SSSR count). The molecular formula is C40H47F2N5O10S. The number of pyridine rings is 1. The molecule has 58 heavy (non-hydrogen) atoms. The van der Waals surface area contributed by atoms with Crippen molar-refractivity contribution >= 4 is 44.6 Å². The lowest BCUT2D eigenvalue weighted by Gasteiger charge is -2.33. The zero-order valence-corrected chi connectivity index (χ0v) is 33.0. The SMILES string of the molecule is C[C@H]1CC/C=C\C2C[C@@]2(C(=O)NS(=O)(=O)C2CC2)NC(=O)[C@@H]2C[C@@H](Oc3nccc4c5c(ccc34)OC(F)(F)O5)CN2C(=O)[C@@H](NC(=O)O[C@@H]2C[C@@H]3C[C@@H]3C2)[C@H](C)C1. The van der Waals surface area contributed by atoms with Crippen LogP contribution in [0.2, 0.25) is 0 Å². The Balaban J connectivity index is 1.02. The van der Waals surface area contributed by atoms with Crippen LogP contribution in [0.15, 0.2) is 36.5 Å². The van der Waals surface area contributed by atoms with Crippen molar-refractivity contribution in [2.24, 2.45) is 29.6 Å². The highest BCUT2D eigenvalue weighted by molar-refractivity contribution is 7.91. The summed E-state index contributed by atoms with van der Waals surface area (Å²) in [4.78, 5) is 62.3. The first kappa shape index (κ1) is 38.8. The third-order valence-corrected chi connectivity index (χ3v) is 14.7. The van der Waals surface area contributed by atoms with Crippen LogP contribution < -0.4 is 29.6 Å². The van der Waals surface area contributed by atoms with Crippen LogP contribution in [0, 0.1) is 29.6 Å². The van der Waals surface area contributed by atoms with Crippen molar-refractivity contribution in [1.82, 2.24) is 25.2 Å². The summed E-state index contributed by atoms with van der Waals surface area (Å²) in [5.74, 6) is -2.04. The number of alkyl halides is 2. The number of benzene rings is 1. The van der Waals surface area contributed by atoms with Crippen molar-refractivity contribution in [3.8, 4) is 17.4 Å². The first-order chi connectivity index (χ1) is 27.6. The van der Waals surface area contributed by atoms with Crippen LogP contribution in [0.4, 0.5) is 13.6 Å². The smallest absolute Gasteiger partial charge is 0.472 e. The predicted molar refractivity (Wildman–Crippen MR) is 201 cm³/mol. The second-order valence-corrected chi connectivity index (χ2v) is 19.4. The molecule has 5 fully saturated rings. The van der Waals surface area contributed by atoms with E-state index in [0.29, 0.717) is 42.9 Å². The number of ether oxygens (including phenoxy) is 4. The van der Waals surface area contributed by atoms with Gasteiger partial charge in [0, 0.05) is 29.3 Å². The summed E-state index contributed by atoms with van der Waals surface area (Å²) in [6, 6.07) is 1.96. The standard InChI is InChI=1S/C40H47F2N5O10S/c1-20-5-3-4-6-24-18-39(24,37(50)46-58(52,53)27-7-8-27)45-34(48)30-17-26(54-35-29-9-10-31-33(28(29)11-12-43-35)57-40(41,42)56-31)19-47(30)36(49)32(21(2)13-20)44-38(51)55-25-15-22-14-23(22)16-25/h4,6,9-12,20-27,30,32H,3,5,7-8,13-19H2,1-2H3,(H,44,51)(H,45,48)(H,46,50)/b6-4-/t20-,21+,22-,23+,24?,25+,26+,30-,32-,39+/m0/s1. The number of aromatic nitrogens is 1. The highest BCUT2D eigenvalue weighted by Gasteiger charge is 2.62. The van der Waals surface area contributed by atoms with Gasteiger partial charge < -0.3 is 34.5 Å². The summed E-state index contributed by atoms with van der Waals surface area (Å²) in [5, 5.41) is 5.59. The number of nitrogens with zero attached hydrogens (tertiary/aromatic N) is 2. The van der Waals surface area contributed by atoms with Crippen molar-refractivity contribution in [2.45, 2.75) is 119 Å². The average Bonchev–Trinajstić information content (AvgIpc) is 4.12. The number of alkyl carbamates (subject to hydrolysis) is 1. The van der Waals surface area contributed by atoms with Gasteiger partial charge in [0.25, 0.3) is 5.91 Å². The third-order valence-electron chi connectivity index (χ3n) is 12.9. The van der Waals surface area contributed by atoms with Gasteiger partial charge >= 0.3 is 12.4 Å². The lowest BCUT2D eigenvalue weighted by Crippen LogP contribution is -2.59. The first-order valence-corrected chi connectivity index (χ1v) is 21.8. The largest absolute Gasteiger partial charge is 0.586 e. The van der Waals surface area contributed by atoms with E-state index in [1.165, 1.54) is 29.3 Å². The fourth-order valence-corrected chi connectivity index (χ4v) is 10.8. The van der Waals surface area contributed by atoms with Gasteiger partial charge in [-0.2, -0.15) is 0 Å². The van der Waals surface area contributed by atoms with Crippen molar-refractivity contribution in [2.75, 3.05) is 6.54 Å². The maximum absolute atomic E-state index is 14.9. The Hall–Kier alpha value is -4.74. The monoisotopic (exact) mass is 827 g/mol. The van der Waals surface area contributed by atoms with Crippen LogP contribution in [0.5, 0.6) is 17.4 Å². The quantitative estimate of drug-likeness (QED) is 0.338. The van der Waals surface area contributed by atoms with Gasteiger partial charge in [-0.05, 0) is 99.7 Å². The fourth-order valence-electron chi connectivity index (χ4n) is 9.45. The minimum Gasteiger partial charge on any atom is -0.472 e. The number of hydrogen-bond acceptors (Lipinski definition) is 11. The summed E-state index contributed by atoms with van der Waals surface area (Å²) < 4.78 is 77.6. The van der Waals surface area contributed by atoms with E-state index in [1.54, 1.807) is 0 Å². The van der Waals surface area contributed by atoms with Crippen LogP contribution in [-0.2, 0) is 29.1 Å². The maximum Gasteiger partial charge on any atom is 0.586 e. The number of hydrogen-bond donors (Lipinski definition) is 3. The number of carbonyl (C=O) groups excluding carboxylic acids is 4. The maximum atomic E-state index is 14.9. The first-order valence-electron chi connectivity index (χ1n) is 20.3. The Morgan fingerprint density at radius 3 is 2.52 bits per heavy atom. The van der Waals surface area contributed by atoms with Gasteiger partial charge in [-0.15, -0.1) is 8.78 Å². The molecule has 0 spiro atoms. The number of sulfonamides is 1. The zero-order valence-electron chi connectivity index (χ0n) is 32.2. The third kappa shape index (κ3) is 7.52. The lowest BCUT2D eigenvalue weighted by molar-refractivity contribution is -0.286. The lowest BCUT2D eigenvalue weighted by atomic mass is 9.88. The molecule has 0 radical (unpaired) electrons. The van der Waals surface area contributed by atoms with Gasteiger partial charge in [-0.1, -0.05) is 26.0 Å². The van der Waals surface area contributed by atoms with Crippen LogP contribution in [0.1, 0.15) is 78.1 Å². The van der Waals surface area contributed by atoms with Gasteiger partial charge in [-0.25, -0.2) is 18.2 Å². The molecule has 312 valence electrons. The molecule has 4 heterocycles. The van der Waals surface area contributed by atoms with Crippen molar-refractivity contribution in [3.05, 3.63) is 36.5 Å². The molecule has 4 saturated carbocycles. The van der Waals surface area contributed by atoms with E-state index in [4.69, 9.17) is 14.2 Å². The topological polar surface area (TPSA) is 192 Å². The van der Waals surface area contributed by atoms with Crippen LogP contribution in [-0.4, -0.2) is 90.0 Å². The molecule has 3 N–H and O–H groups in total. The highest BCUT2D eigenvalue weighted by Crippen LogP contribution is 2.53. The number of allylic oxidation sites excluding steroid dienone is 1. The number of halogens is 2. The van der Waals surface area contributed by atoms with Gasteiger partial charge in [0.2, 0.25) is 27.7 Å². The molecule has 4 amide bonds. The highest BCUT2D eigenvalue weighted by atomic mass is 32.2. The molecule has 0 bridgehead atoms. The van der Waals surface area contributed by atoms with Crippen molar-refractivity contribution < 1.29 is 55.3 Å². The second-order valence-electron chi connectivity index (χ2n) is 17.4. The second kappa shape index (κ2) is 14.2. The number of fused-ring (bicyclic) bond motifs is 6.